The van der Waals surface area contributed by atoms with Gasteiger partial charge in [-0.1, -0.05) is 6.07 Å². The number of hydrogen-bond donors (Lipinski definition) is 3. The third kappa shape index (κ3) is 3.78. The van der Waals surface area contributed by atoms with Crippen molar-refractivity contribution in [3.8, 4) is 0 Å². The van der Waals surface area contributed by atoms with Gasteiger partial charge in [0.05, 0.1) is 11.4 Å². The van der Waals surface area contributed by atoms with E-state index in [9.17, 15) is 9.59 Å². The first-order valence-corrected chi connectivity index (χ1v) is 7.45. The molecule has 1 aliphatic heterocycles. The topological polar surface area (TPSA) is 73.5 Å². The highest BCUT2D eigenvalue weighted by Crippen LogP contribution is 2.15. The maximum absolute atomic E-state index is 11.9. The summed E-state index contributed by atoms with van der Waals surface area (Å²) in [5, 5.41) is 5.12. The molecule has 0 spiro atoms. The Hall–Kier alpha value is -1.44. The molecule has 20 heavy (non-hydrogen) atoms. The lowest BCUT2D eigenvalue weighted by atomic mass is 10.0. The number of carbonyl (C=O) groups excluding carboxylic acids is 2. The number of nitrogens with zero attached hydrogens (tertiary/aromatic N) is 1. The van der Waals surface area contributed by atoms with Crippen molar-refractivity contribution in [2.75, 3.05) is 26.2 Å². The molecule has 3 N–H and O–H groups in total. The summed E-state index contributed by atoms with van der Waals surface area (Å²) in [5.41, 5.74) is 4.83. The smallest absolute Gasteiger partial charge is 0.279 e. The van der Waals surface area contributed by atoms with Gasteiger partial charge in [-0.25, -0.2) is 0 Å². The van der Waals surface area contributed by atoms with Gasteiger partial charge in [0, 0.05) is 25.2 Å². The normalized spacial score (nSPS) is 18.5. The maximum atomic E-state index is 11.9. The molecule has 2 rings (SSSR count). The Labute approximate surface area is 122 Å². The molecule has 1 fully saturated rings. The zero-order valence-corrected chi connectivity index (χ0v) is 12.5. The highest BCUT2D eigenvalue weighted by molar-refractivity contribution is 7.12. The van der Waals surface area contributed by atoms with E-state index in [1.165, 1.54) is 11.3 Å². The molecule has 0 bridgehead atoms. The van der Waals surface area contributed by atoms with Crippen LogP contribution in [0.3, 0.4) is 0 Å². The van der Waals surface area contributed by atoms with Crippen LogP contribution >= 0.6 is 11.3 Å². The fraction of sp³-hybridized carbons (Fsp3) is 0.538. The van der Waals surface area contributed by atoms with E-state index in [0.717, 1.165) is 19.6 Å². The highest BCUT2D eigenvalue weighted by atomic mass is 32.1. The lowest BCUT2D eigenvalue weighted by molar-refractivity contribution is -0.124. The summed E-state index contributed by atoms with van der Waals surface area (Å²) in [6.45, 7) is 7.01. The Morgan fingerprint density at radius 2 is 2.25 bits per heavy atom. The Morgan fingerprint density at radius 1 is 1.45 bits per heavy atom. The summed E-state index contributed by atoms with van der Waals surface area (Å²) >= 11 is 1.34. The first kappa shape index (κ1) is 15.0. The second kappa shape index (κ2) is 6.34. The van der Waals surface area contributed by atoms with Crippen LogP contribution in [0.5, 0.6) is 0 Å². The van der Waals surface area contributed by atoms with Crippen LogP contribution in [0.4, 0.5) is 0 Å². The van der Waals surface area contributed by atoms with Crippen LogP contribution in [-0.4, -0.2) is 48.4 Å². The van der Waals surface area contributed by atoms with Crippen LogP contribution in [0, 0.1) is 0 Å². The van der Waals surface area contributed by atoms with E-state index < -0.39 is 0 Å². The number of amides is 2. The van der Waals surface area contributed by atoms with Crippen molar-refractivity contribution < 1.29 is 9.59 Å². The van der Waals surface area contributed by atoms with Gasteiger partial charge >= 0.3 is 0 Å². The number of hydrogen-bond acceptors (Lipinski definition) is 5. The number of hydrazine groups is 1. The molecule has 110 valence electrons. The van der Waals surface area contributed by atoms with Gasteiger partial charge in [0.1, 0.15) is 0 Å². The molecule has 1 aromatic rings. The molecule has 0 radical (unpaired) electrons. The monoisotopic (exact) mass is 296 g/mol. The molecule has 1 saturated heterocycles. The molecule has 0 saturated carbocycles. The summed E-state index contributed by atoms with van der Waals surface area (Å²) in [4.78, 5) is 26.3. The summed E-state index contributed by atoms with van der Waals surface area (Å²) < 4.78 is 0. The van der Waals surface area contributed by atoms with Gasteiger partial charge in [-0.15, -0.1) is 11.3 Å². The predicted octanol–water partition coefficient (Wildman–Crippen LogP) is 0.193. The molecule has 1 aromatic heterocycles. The molecule has 2 heterocycles. The van der Waals surface area contributed by atoms with Crippen LogP contribution in [-0.2, 0) is 4.79 Å². The molecule has 1 aliphatic rings. The fourth-order valence-corrected chi connectivity index (χ4v) is 2.74. The SMILES string of the molecule is CC1(C)CNCCN1CC(=O)NNC(=O)c1cccs1. The maximum Gasteiger partial charge on any atom is 0.279 e. The molecule has 0 unspecified atom stereocenters. The first-order valence-electron chi connectivity index (χ1n) is 6.57. The van der Waals surface area contributed by atoms with Crippen molar-refractivity contribution in [2.24, 2.45) is 0 Å². The van der Waals surface area contributed by atoms with Crippen LogP contribution in [0.1, 0.15) is 23.5 Å². The van der Waals surface area contributed by atoms with Gasteiger partial charge < -0.3 is 5.32 Å². The zero-order chi connectivity index (χ0) is 14.6. The first-order chi connectivity index (χ1) is 9.49. The molecule has 0 atom stereocenters. The lowest BCUT2D eigenvalue weighted by Crippen LogP contribution is -2.60. The van der Waals surface area contributed by atoms with Crippen LogP contribution in [0.25, 0.3) is 0 Å². The van der Waals surface area contributed by atoms with Crippen molar-refractivity contribution >= 4 is 23.2 Å². The Balaban J connectivity index is 1.79. The summed E-state index contributed by atoms with van der Waals surface area (Å²) in [6.07, 6.45) is 0. The minimum absolute atomic E-state index is 0.0622. The van der Waals surface area contributed by atoms with Crippen LogP contribution < -0.4 is 16.2 Å². The summed E-state index contributed by atoms with van der Waals surface area (Å²) in [7, 11) is 0. The van der Waals surface area contributed by atoms with Gasteiger partial charge in [0.15, 0.2) is 0 Å². The Morgan fingerprint density at radius 3 is 2.90 bits per heavy atom. The van der Waals surface area contributed by atoms with E-state index >= 15 is 0 Å². The zero-order valence-electron chi connectivity index (χ0n) is 11.7. The minimum Gasteiger partial charge on any atom is -0.314 e. The standard InChI is InChI=1S/C13H20N4O2S/c1-13(2)9-14-5-6-17(13)8-11(18)15-16-12(19)10-4-3-7-20-10/h3-4,7,14H,5-6,8-9H2,1-2H3,(H,15,18)(H,16,19). The van der Waals surface area contributed by atoms with Crippen molar-refractivity contribution in [1.29, 1.82) is 0 Å². The van der Waals surface area contributed by atoms with E-state index in [4.69, 9.17) is 0 Å². The van der Waals surface area contributed by atoms with Crippen molar-refractivity contribution in [1.82, 2.24) is 21.1 Å². The number of carbonyl (C=O) groups is 2. The van der Waals surface area contributed by atoms with Gasteiger partial charge in [-0.05, 0) is 25.3 Å². The largest absolute Gasteiger partial charge is 0.314 e. The lowest BCUT2D eigenvalue weighted by Gasteiger charge is -2.42. The third-order valence-electron chi connectivity index (χ3n) is 3.37. The molecule has 7 heteroatoms. The molecular formula is C13H20N4O2S. The van der Waals surface area contributed by atoms with Gasteiger partial charge in [-0.2, -0.15) is 0 Å². The summed E-state index contributed by atoms with van der Waals surface area (Å²) in [6, 6.07) is 3.51. The van der Waals surface area contributed by atoms with Gasteiger partial charge in [0.2, 0.25) is 0 Å². The number of rotatable bonds is 3. The van der Waals surface area contributed by atoms with E-state index in [0.29, 0.717) is 4.88 Å². The van der Waals surface area contributed by atoms with E-state index in [-0.39, 0.29) is 23.9 Å². The number of piperazine rings is 1. The van der Waals surface area contributed by atoms with Crippen LogP contribution in [0.15, 0.2) is 17.5 Å². The summed E-state index contributed by atoms with van der Waals surface area (Å²) in [5.74, 6) is -0.488. The van der Waals surface area contributed by atoms with Crippen molar-refractivity contribution in [2.45, 2.75) is 19.4 Å². The number of nitrogens with one attached hydrogen (secondary N) is 3. The molecule has 2 amide bonds. The second-order valence-electron chi connectivity index (χ2n) is 5.39. The molecular weight excluding hydrogens is 276 g/mol. The molecule has 0 aromatic carbocycles. The van der Waals surface area contributed by atoms with E-state index in [1.54, 1.807) is 12.1 Å². The Kier molecular flexibility index (Phi) is 4.74. The van der Waals surface area contributed by atoms with Crippen molar-refractivity contribution in [3.05, 3.63) is 22.4 Å². The average molecular weight is 296 g/mol. The fourth-order valence-electron chi connectivity index (χ4n) is 2.12. The third-order valence-corrected chi connectivity index (χ3v) is 4.24. The highest BCUT2D eigenvalue weighted by Gasteiger charge is 2.30. The Bertz CT molecular complexity index is 473. The van der Waals surface area contributed by atoms with E-state index in [2.05, 4.69) is 34.9 Å². The molecule has 0 aliphatic carbocycles. The predicted molar refractivity (Wildman–Crippen MR) is 78.4 cm³/mol. The van der Waals surface area contributed by atoms with Crippen LogP contribution in [0.2, 0.25) is 0 Å². The quantitative estimate of drug-likeness (QED) is 0.696. The minimum atomic E-state index is -0.284. The van der Waals surface area contributed by atoms with E-state index in [1.807, 2.05) is 5.38 Å². The number of thiophene rings is 1. The average Bonchev–Trinajstić information content (AvgIpc) is 2.92. The van der Waals surface area contributed by atoms with Gasteiger partial charge in [-0.3, -0.25) is 25.3 Å². The second-order valence-corrected chi connectivity index (χ2v) is 6.34. The van der Waals surface area contributed by atoms with Gasteiger partial charge in [0.25, 0.3) is 11.8 Å². The molecule has 6 nitrogen and oxygen atoms in total. The van der Waals surface area contributed by atoms with Crippen molar-refractivity contribution in [3.63, 3.8) is 0 Å².